The van der Waals surface area contributed by atoms with Gasteiger partial charge in [0.2, 0.25) is 0 Å². The van der Waals surface area contributed by atoms with E-state index in [2.05, 4.69) is 45.2 Å². The number of nitrogens with zero attached hydrogens (tertiary/aromatic N) is 5. The van der Waals surface area contributed by atoms with E-state index in [1.807, 2.05) is 18.3 Å². The molecule has 1 aliphatic heterocycles. The van der Waals surface area contributed by atoms with Crippen LogP contribution in [0.25, 0.3) is 21.8 Å². The maximum Gasteiger partial charge on any atom is 0.161 e. The Morgan fingerprint density at radius 2 is 1.88 bits per heavy atom. The second kappa shape index (κ2) is 8.13. The van der Waals surface area contributed by atoms with Gasteiger partial charge in [-0.25, -0.2) is 4.39 Å². The molecule has 2 aromatic carbocycles. The topological polar surface area (TPSA) is 62.9 Å². The number of halogens is 2. The maximum absolute atomic E-state index is 14.7. The zero-order valence-corrected chi connectivity index (χ0v) is 20.4. The first-order valence-electron chi connectivity index (χ1n) is 11.9. The highest BCUT2D eigenvalue weighted by Gasteiger charge is 2.27. The van der Waals surface area contributed by atoms with Crippen molar-refractivity contribution < 1.29 is 4.39 Å². The van der Waals surface area contributed by atoms with Crippen molar-refractivity contribution in [1.82, 2.24) is 24.9 Å². The zero-order chi connectivity index (χ0) is 23.6. The van der Waals surface area contributed by atoms with Crippen LogP contribution in [0.3, 0.4) is 0 Å². The number of hydrogen-bond acceptors (Lipinski definition) is 5. The second-order valence-corrected chi connectivity index (χ2v) is 10.4. The lowest BCUT2D eigenvalue weighted by molar-refractivity contribution is 0.407. The van der Waals surface area contributed by atoms with E-state index in [-0.39, 0.29) is 5.82 Å². The van der Waals surface area contributed by atoms with Crippen molar-refractivity contribution in [2.45, 2.75) is 45.3 Å². The number of anilines is 3. The molecular formula is C25H29ClFN7. The minimum absolute atomic E-state index is 0.360. The standard InChI is InChI=1S/C25H29ClFN7/c1-14-10-33(11-15(2)28-14)19-8-20(26)23-22(9-19)34(12-16-4-5-16)31-25(23)29-18-6-17-13-32(3)30-24(17)21(27)7-18/h6-9,13-16,28H,4-5,10-12H2,1-3H3,(H,29,31)/t14-,15-/m0/s1. The molecule has 0 unspecified atom stereocenters. The van der Waals surface area contributed by atoms with Crippen LogP contribution in [0.4, 0.5) is 21.6 Å². The molecule has 3 heterocycles. The molecule has 2 fully saturated rings. The number of aromatic nitrogens is 4. The van der Waals surface area contributed by atoms with Crippen molar-refractivity contribution in [3.8, 4) is 0 Å². The molecule has 0 amide bonds. The second-order valence-electron chi connectivity index (χ2n) is 9.99. The molecule has 2 aromatic heterocycles. The van der Waals surface area contributed by atoms with E-state index in [1.165, 1.54) is 18.9 Å². The molecule has 4 aromatic rings. The zero-order valence-electron chi connectivity index (χ0n) is 19.6. The smallest absolute Gasteiger partial charge is 0.161 e. The van der Waals surface area contributed by atoms with E-state index >= 15 is 0 Å². The van der Waals surface area contributed by atoms with Gasteiger partial charge in [-0.05, 0) is 56.9 Å². The number of piperazine rings is 1. The summed E-state index contributed by atoms with van der Waals surface area (Å²) in [6, 6.07) is 8.41. The average molecular weight is 482 g/mol. The van der Waals surface area contributed by atoms with Gasteiger partial charge in [0.1, 0.15) is 5.52 Å². The summed E-state index contributed by atoms with van der Waals surface area (Å²) >= 11 is 6.90. The molecule has 7 nitrogen and oxygen atoms in total. The van der Waals surface area contributed by atoms with E-state index < -0.39 is 0 Å². The summed E-state index contributed by atoms with van der Waals surface area (Å²) in [5.41, 5.74) is 3.11. The van der Waals surface area contributed by atoms with E-state index in [4.69, 9.17) is 16.7 Å². The summed E-state index contributed by atoms with van der Waals surface area (Å²) in [5, 5.41) is 18.3. The number of nitrogens with one attached hydrogen (secondary N) is 2. The maximum atomic E-state index is 14.7. The lowest BCUT2D eigenvalue weighted by atomic mass is 10.1. The van der Waals surface area contributed by atoms with E-state index in [9.17, 15) is 4.39 Å². The minimum Gasteiger partial charge on any atom is -0.368 e. The first-order valence-corrected chi connectivity index (χ1v) is 12.3. The van der Waals surface area contributed by atoms with E-state index in [1.54, 1.807) is 11.7 Å². The largest absolute Gasteiger partial charge is 0.368 e. The SMILES string of the molecule is C[C@H]1CN(c2cc(Cl)c3c(Nc4cc(F)c5nn(C)cc5c4)nn(CC4CC4)c3c2)C[C@H](C)N1. The van der Waals surface area contributed by atoms with E-state index in [0.717, 1.165) is 41.6 Å². The van der Waals surface area contributed by atoms with Gasteiger partial charge in [0, 0.05) is 61.7 Å². The van der Waals surface area contributed by atoms with Crippen LogP contribution in [-0.2, 0) is 13.6 Å². The van der Waals surface area contributed by atoms with Crippen molar-refractivity contribution in [3.05, 3.63) is 41.3 Å². The quantitative estimate of drug-likeness (QED) is 0.417. The number of hydrogen-bond donors (Lipinski definition) is 2. The molecule has 1 saturated carbocycles. The molecule has 6 rings (SSSR count). The highest BCUT2D eigenvalue weighted by molar-refractivity contribution is 6.37. The third-order valence-electron chi connectivity index (χ3n) is 6.78. The van der Waals surface area contributed by atoms with Crippen LogP contribution in [0, 0.1) is 11.7 Å². The number of rotatable bonds is 5. The Balaban J connectivity index is 1.42. The van der Waals surface area contributed by atoms with E-state index in [0.29, 0.717) is 40.0 Å². The molecule has 2 N–H and O–H groups in total. The van der Waals surface area contributed by atoms with Crippen molar-refractivity contribution in [1.29, 1.82) is 0 Å². The Morgan fingerprint density at radius 1 is 1.12 bits per heavy atom. The number of benzene rings is 2. The van der Waals surface area contributed by atoms with Crippen LogP contribution in [0.5, 0.6) is 0 Å². The summed E-state index contributed by atoms with van der Waals surface area (Å²) in [5.74, 6) is 0.941. The van der Waals surface area contributed by atoms with Crippen molar-refractivity contribution in [2.75, 3.05) is 23.3 Å². The predicted molar refractivity (Wildman–Crippen MR) is 136 cm³/mol. The molecule has 34 heavy (non-hydrogen) atoms. The molecule has 1 saturated heterocycles. The third-order valence-corrected chi connectivity index (χ3v) is 7.08. The predicted octanol–water partition coefficient (Wildman–Crippen LogP) is 5.06. The fraction of sp³-hybridized carbons (Fsp3) is 0.440. The molecule has 1 aliphatic carbocycles. The van der Waals surface area contributed by atoms with Crippen LogP contribution in [0.2, 0.25) is 5.02 Å². The first-order chi connectivity index (χ1) is 16.3. The van der Waals surface area contributed by atoms with Gasteiger partial charge in [-0.1, -0.05) is 11.6 Å². The minimum atomic E-state index is -0.363. The Kier molecular flexibility index (Phi) is 5.18. The number of fused-ring (bicyclic) bond motifs is 2. The molecule has 0 bridgehead atoms. The highest BCUT2D eigenvalue weighted by Crippen LogP contribution is 2.39. The Hall–Kier alpha value is -2.84. The van der Waals surface area contributed by atoms with Gasteiger partial charge in [0.25, 0.3) is 0 Å². The molecule has 2 atom stereocenters. The average Bonchev–Trinajstić information content (AvgIpc) is 3.40. The van der Waals surface area contributed by atoms with Crippen LogP contribution in [-0.4, -0.2) is 44.7 Å². The van der Waals surface area contributed by atoms with Crippen molar-refractivity contribution in [2.24, 2.45) is 13.0 Å². The third kappa shape index (κ3) is 3.99. The van der Waals surface area contributed by atoms with Gasteiger partial charge in [-0.15, -0.1) is 0 Å². The summed E-state index contributed by atoms with van der Waals surface area (Å²) in [7, 11) is 1.79. The van der Waals surface area contributed by atoms with Gasteiger partial charge in [0.05, 0.1) is 15.9 Å². The van der Waals surface area contributed by atoms with Gasteiger partial charge in [-0.3, -0.25) is 9.36 Å². The fourth-order valence-corrected chi connectivity index (χ4v) is 5.45. The fourth-order valence-electron chi connectivity index (χ4n) is 5.15. The van der Waals surface area contributed by atoms with Crippen molar-refractivity contribution >= 4 is 50.6 Å². The lowest BCUT2D eigenvalue weighted by Gasteiger charge is -2.37. The van der Waals surface area contributed by atoms with Crippen molar-refractivity contribution in [3.63, 3.8) is 0 Å². The van der Waals surface area contributed by atoms with Gasteiger partial charge in [-0.2, -0.15) is 10.2 Å². The Labute approximate surface area is 202 Å². The van der Waals surface area contributed by atoms with Crippen LogP contribution < -0.4 is 15.5 Å². The Bertz CT molecular complexity index is 1380. The summed E-state index contributed by atoms with van der Waals surface area (Å²) in [6.45, 7) is 7.14. The van der Waals surface area contributed by atoms with Crippen LogP contribution >= 0.6 is 11.6 Å². The molecular weight excluding hydrogens is 453 g/mol. The summed E-state index contributed by atoms with van der Waals surface area (Å²) < 4.78 is 18.4. The van der Waals surface area contributed by atoms with Crippen LogP contribution in [0.1, 0.15) is 26.7 Å². The van der Waals surface area contributed by atoms with Gasteiger partial charge in [0.15, 0.2) is 11.6 Å². The lowest BCUT2D eigenvalue weighted by Crippen LogP contribution is -2.54. The van der Waals surface area contributed by atoms with Gasteiger partial charge < -0.3 is 15.5 Å². The molecule has 2 aliphatic rings. The molecule has 9 heteroatoms. The van der Waals surface area contributed by atoms with Crippen LogP contribution in [0.15, 0.2) is 30.5 Å². The van der Waals surface area contributed by atoms with Gasteiger partial charge >= 0.3 is 0 Å². The highest BCUT2D eigenvalue weighted by atomic mass is 35.5. The monoisotopic (exact) mass is 481 g/mol. The summed E-state index contributed by atoms with van der Waals surface area (Å²) in [6.07, 6.45) is 4.27. The summed E-state index contributed by atoms with van der Waals surface area (Å²) in [4.78, 5) is 2.39. The molecule has 178 valence electrons. The number of aryl methyl sites for hydroxylation is 1. The normalized spacial score (nSPS) is 21.0. The molecule has 0 radical (unpaired) electrons. The Morgan fingerprint density at radius 3 is 2.62 bits per heavy atom. The molecule has 0 spiro atoms. The first kappa shape index (κ1) is 21.7.